The van der Waals surface area contributed by atoms with E-state index in [1.165, 1.54) is 32.1 Å². The number of halogens is 1. The third kappa shape index (κ3) is 2.39. The van der Waals surface area contributed by atoms with Gasteiger partial charge in [0, 0.05) is 31.1 Å². The van der Waals surface area contributed by atoms with Gasteiger partial charge < -0.3 is 9.47 Å². The Labute approximate surface area is 104 Å². The molecule has 0 bridgehead atoms. The summed E-state index contributed by atoms with van der Waals surface area (Å²) in [7, 11) is 1.74. The Morgan fingerprint density at radius 3 is 2.56 bits per heavy atom. The molecule has 0 aromatic heterocycles. The molecule has 2 saturated carbocycles. The maximum Gasteiger partial charge on any atom is 0.0659 e. The summed E-state index contributed by atoms with van der Waals surface area (Å²) in [6.07, 6.45) is 9.06. The first-order chi connectivity index (χ1) is 7.79. The predicted molar refractivity (Wildman–Crippen MR) is 66.0 cm³/mol. The van der Waals surface area contributed by atoms with Gasteiger partial charge in [-0.25, -0.2) is 0 Å². The molecule has 2 aliphatic carbocycles. The Morgan fingerprint density at radius 2 is 1.94 bits per heavy atom. The fourth-order valence-corrected chi connectivity index (χ4v) is 3.73. The Bertz CT molecular complexity index is 214. The monoisotopic (exact) mass is 246 g/mol. The van der Waals surface area contributed by atoms with E-state index >= 15 is 0 Å². The molecule has 0 amide bonds. The molecule has 2 aliphatic rings. The number of hydrogen-bond acceptors (Lipinski definition) is 2. The van der Waals surface area contributed by atoms with E-state index in [0.29, 0.717) is 16.9 Å². The van der Waals surface area contributed by atoms with Gasteiger partial charge in [0.25, 0.3) is 0 Å². The second kappa shape index (κ2) is 5.70. The second-order valence-electron chi connectivity index (χ2n) is 5.20. The molecule has 16 heavy (non-hydrogen) atoms. The minimum absolute atomic E-state index is 0.326. The average molecular weight is 247 g/mol. The first-order valence-electron chi connectivity index (χ1n) is 6.54. The summed E-state index contributed by atoms with van der Waals surface area (Å²) in [5.74, 6) is 0. The van der Waals surface area contributed by atoms with Gasteiger partial charge in [-0.1, -0.05) is 19.3 Å². The van der Waals surface area contributed by atoms with Gasteiger partial charge in [0.2, 0.25) is 0 Å². The van der Waals surface area contributed by atoms with Crippen molar-refractivity contribution in [1.82, 2.24) is 0 Å². The first kappa shape index (κ1) is 12.7. The Hall–Kier alpha value is 0.210. The molecule has 2 rings (SSSR count). The molecule has 2 unspecified atom stereocenters. The Morgan fingerprint density at radius 1 is 1.19 bits per heavy atom. The minimum atomic E-state index is 0.326. The van der Waals surface area contributed by atoms with Gasteiger partial charge in [-0.3, -0.25) is 0 Å². The number of alkyl halides is 1. The minimum Gasteiger partial charge on any atom is -0.385 e. The van der Waals surface area contributed by atoms with Gasteiger partial charge in [-0.05, 0) is 25.7 Å². The zero-order valence-corrected chi connectivity index (χ0v) is 11.0. The molecule has 94 valence electrons. The summed E-state index contributed by atoms with van der Waals surface area (Å²) in [6.45, 7) is 1.62. The number of hydrogen-bond donors (Lipinski definition) is 0. The zero-order valence-electron chi connectivity index (χ0n) is 10.2. The van der Waals surface area contributed by atoms with Crippen LogP contribution in [0.2, 0.25) is 0 Å². The number of rotatable bonds is 5. The molecule has 0 radical (unpaired) electrons. The predicted octanol–water partition coefficient (Wildman–Crippen LogP) is 3.37. The van der Waals surface area contributed by atoms with Gasteiger partial charge in [-0.2, -0.15) is 0 Å². The van der Waals surface area contributed by atoms with Crippen molar-refractivity contribution in [2.45, 2.75) is 56.4 Å². The van der Waals surface area contributed by atoms with Crippen molar-refractivity contribution >= 4 is 11.6 Å². The van der Waals surface area contributed by atoms with Gasteiger partial charge in [0.15, 0.2) is 0 Å². The van der Waals surface area contributed by atoms with Crippen LogP contribution in [0.1, 0.15) is 44.9 Å². The summed E-state index contributed by atoms with van der Waals surface area (Å²) in [4.78, 5) is 0. The summed E-state index contributed by atoms with van der Waals surface area (Å²) >= 11 is 6.41. The third-order valence-corrected chi connectivity index (χ3v) is 4.90. The summed E-state index contributed by atoms with van der Waals surface area (Å²) in [5, 5.41) is 0.361. The molecule has 0 saturated heterocycles. The first-order valence-corrected chi connectivity index (χ1v) is 6.98. The molecule has 0 aromatic carbocycles. The van der Waals surface area contributed by atoms with Gasteiger partial charge in [-0.15, -0.1) is 11.6 Å². The van der Waals surface area contributed by atoms with Crippen molar-refractivity contribution in [3.8, 4) is 0 Å². The van der Waals surface area contributed by atoms with Crippen LogP contribution in [0.3, 0.4) is 0 Å². The maximum atomic E-state index is 6.41. The van der Waals surface area contributed by atoms with Crippen molar-refractivity contribution in [3.63, 3.8) is 0 Å². The lowest BCUT2D eigenvalue weighted by atomic mass is 9.58. The van der Waals surface area contributed by atoms with Crippen LogP contribution in [-0.4, -0.2) is 31.8 Å². The van der Waals surface area contributed by atoms with Gasteiger partial charge in [0.05, 0.1) is 6.10 Å². The molecule has 1 spiro atoms. The topological polar surface area (TPSA) is 18.5 Å². The molecule has 0 N–H and O–H groups in total. The van der Waals surface area contributed by atoms with Gasteiger partial charge >= 0.3 is 0 Å². The fraction of sp³-hybridized carbons (Fsp3) is 1.00. The van der Waals surface area contributed by atoms with Crippen LogP contribution in [0.25, 0.3) is 0 Å². The zero-order chi connectivity index (χ0) is 11.4. The van der Waals surface area contributed by atoms with Crippen molar-refractivity contribution in [2.24, 2.45) is 5.41 Å². The molecule has 0 aliphatic heterocycles. The molecule has 2 nitrogen and oxygen atoms in total. The fourth-order valence-electron chi connectivity index (χ4n) is 3.21. The van der Waals surface area contributed by atoms with Crippen LogP contribution >= 0.6 is 11.6 Å². The quantitative estimate of drug-likeness (QED) is 0.547. The van der Waals surface area contributed by atoms with Crippen molar-refractivity contribution < 1.29 is 9.47 Å². The van der Waals surface area contributed by atoms with Crippen molar-refractivity contribution in [2.75, 3.05) is 20.3 Å². The normalized spacial score (nSPS) is 32.6. The average Bonchev–Trinajstić information content (AvgIpc) is 2.34. The SMILES string of the molecule is COCCCOC1CC(Cl)C12CCCCC2. The van der Waals surface area contributed by atoms with Crippen LogP contribution < -0.4 is 0 Å². The standard InChI is InChI=1S/C13H23ClO2/c1-15-8-5-9-16-12-10-11(14)13(12)6-3-2-4-7-13/h11-12H,2-10H2,1H3. The van der Waals surface area contributed by atoms with Crippen LogP contribution in [0.15, 0.2) is 0 Å². The highest BCUT2D eigenvalue weighted by Crippen LogP contribution is 2.55. The lowest BCUT2D eigenvalue weighted by Gasteiger charge is -2.55. The van der Waals surface area contributed by atoms with E-state index in [4.69, 9.17) is 21.1 Å². The van der Waals surface area contributed by atoms with Crippen LogP contribution in [0, 0.1) is 5.41 Å². The van der Waals surface area contributed by atoms with Gasteiger partial charge in [0.1, 0.15) is 0 Å². The number of ether oxygens (including phenoxy) is 2. The van der Waals surface area contributed by atoms with E-state index in [0.717, 1.165) is 26.1 Å². The largest absolute Gasteiger partial charge is 0.385 e. The highest BCUT2D eigenvalue weighted by Gasteiger charge is 2.54. The van der Waals surface area contributed by atoms with E-state index in [-0.39, 0.29) is 0 Å². The summed E-state index contributed by atoms with van der Waals surface area (Å²) < 4.78 is 11.0. The number of methoxy groups -OCH3 is 1. The van der Waals surface area contributed by atoms with E-state index in [1.807, 2.05) is 0 Å². The Balaban J connectivity index is 1.77. The van der Waals surface area contributed by atoms with E-state index in [1.54, 1.807) is 7.11 Å². The van der Waals surface area contributed by atoms with Crippen LogP contribution in [-0.2, 0) is 9.47 Å². The van der Waals surface area contributed by atoms with Crippen molar-refractivity contribution in [1.29, 1.82) is 0 Å². The van der Waals surface area contributed by atoms with E-state index in [9.17, 15) is 0 Å². The highest BCUT2D eigenvalue weighted by molar-refractivity contribution is 6.21. The van der Waals surface area contributed by atoms with E-state index in [2.05, 4.69) is 0 Å². The molecule has 0 aromatic rings. The maximum absolute atomic E-state index is 6.41. The molecule has 2 atom stereocenters. The van der Waals surface area contributed by atoms with Crippen LogP contribution in [0.5, 0.6) is 0 Å². The highest BCUT2D eigenvalue weighted by atomic mass is 35.5. The summed E-state index contributed by atoms with van der Waals surface area (Å²) in [5.41, 5.74) is 0.326. The smallest absolute Gasteiger partial charge is 0.0659 e. The molecule has 0 heterocycles. The lowest BCUT2D eigenvalue weighted by molar-refractivity contribution is -0.126. The summed E-state index contributed by atoms with van der Waals surface area (Å²) in [6, 6.07) is 0. The van der Waals surface area contributed by atoms with Crippen LogP contribution in [0.4, 0.5) is 0 Å². The lowest BCUT2D eigenvalue weighted by Crippen LogP contribution is -2.56. The molecular weight excluding hydrogens is 224 g/mol. The molecular formula is C13H23ClO2. The third-order valence-electron chi connectivity index (χ3n) is 4.28. The second-order valence-corrected chi connectivity index (χ2v) is 5.73. The van der Waals surface area contributed by atoms with Crippen molar-refractivity contribution in [3.05, 3.63) is 0 Å². The Kier molecular flexibility index (Phi) is 4.51. The molecule has 2 fully saturated rings. The molecule has 3 heteroatoms. The van der Waals surface area contributed by atoms with E-state index < -0.39 is 0 Å².